The molecule has 4 atom stereocenters. The van der Waals surface area contributed by atoms with Crippen molar-refractivity contribution in [3.05, 3.63) is 33.9 Å². The Bertz CT molecular complexity index is 810. The molecule has 0 saturated heterocycles. The summed E-state index contributed by atoms with van der Waals surface area (Å²) in [7, 11) is 0. The fourth-order valence-electron chi connectivity index (χ4n) is 4.11. The quantitative estimate of drug-likeness (QED) is 0.756. The average Bonchev–Trinajstić information content (AvgIpc) is 2.92. The molecule has 0 spiro atoms. The number of aromatic amines is 1. The van der Waals surface area contributed by atoms with Crippen molar-refractivity contribution in [1.29, 1.82) is 0 Å². The van der Waals surface area contributed by atoms with Crippen LogP contribution in [0.4, 0.5) is 0 Å². The summed E-state index contributed by atoms with van der Waals surface area (Å²) in [5.74, 6) is 0.171. The van der Waals surface area contributed by atoms with Crippen LogP contribution in [0.1, 0.15) is 41.7 Å². The van der Waals surface area contributed by atoms with E-state index >= 15 is 0 Å². The zero-order valence-corrected chi connectivity index (χ0v) is 13.0. The molecule has 2 unspecified atom stereocenters. The molecule has 23 heavy (non-hydrogen) atoms. The molecular formula is C16H20N4O3. The van der Waals surface area contributed by atoms with Crippen LogP contribution in [0.15, 0.2) is 17.1 Å². The molecule has 2 bridgehead atoms. The smallest absolute Gasteiger partial charge is 0.263 e. The minimum absolute atomic E-state index is 0.0258. The van der Waals surface area contributed by atoms with Gasteiger partial charge in [-0.05, 0) is 44.4 Å². The summed E-state index contributed by atoms with van der Waals surface area (Å²) in [6.07, 6.45) is 4.86. The SMILES string of the molecule is Cc1cc2[nH]c(=O)c(C(=O)NC3C[C@H]4CC[C@@H](C3)C4O)cn2n1. The van der Waals surface area contributed by atoms with Gasteiger partial charge in [0.1, 0.15) is 11.2 Å². The molecule has 2 aliphatic carbocycles. The Morgan fingerprint density at radius 2 is 2.09 bits per heavy atom. The second-order valence-electron chi connectivity index (χ2n) is 6.84. The minimum Gasteiger partial charge on any atom is -0.393 e. The van der Waals surface area contributed by atoms with Crippen LogP contribution in [0, 0.1) is 18.8 Å². The largest absolute Gasteiger partial charge is 0.393 e. The third kappa shape index (κ3) is 2.45. The molecule has 4 rings (SSSR count). The van der Waals surface area contributed by atoms with Crippen molar-refractivity contribution in [2.24, 2.45) is 11.8 Å². The van der Waals surface area contributed by atoms with E-state index in [0.29, 0.717) is 5.65 Å². The molecule has 2 aromatic heterocycles. The van der Waals surface area contributed by atoms with E-state index in [1.807, 2.05) is 6.92 Å². The van der Waals surface area contributed by atoms with E-state index in [-0.39, 0.29) is 35.5 Å². The van der Waals surface area contributed by atoms with Crippen LogP contribution in [0.5, 0.6) is 0 Å². The number of carbonyl (C=O) groups is 1. The van der Waals surface area contributed by atoms with Gasteiger partial charge < -0.3 is 15.4 Å². The Balaban J connectivity index is 1.55. The number of hydrogen-bond donors (Lipinski definition) is 3. The van der Waals surface area contributed by atoms with Crippen LogP contribution in [-0.4, -0.2) is 37.8 Å². The number of aromatic nitrogens is 3. The van der Waals surface area contributed by atoms with Crippen LogP contribution in [0.3, 0.4) is 0 Å². The summed E-state index contributed by atoms with van der Waals surface area (Å²) in [6.45, 7) is 1.83. The van der Waals surface area contributed by atoms with Gasteiger partial charge in [0, 0.05) is 18.3 Å². The Kier molecular flexibility index (Phi) is 3.26. The lowest BCUT2D eigenvalue weighted by Crippen LogP contribution is -2.44. The van der Waals surface area contributed by atoms with Crippen molar-refractivity contribution >= 4 is 11.6 Å². The van der Waals surface area contributed by atoms with Crippen LogP contribution >= 0.6 is 0 Å². The van der Waals surface area contributed by atoms with Gasteiger partial charge in [0.2, 0.25) is 0 Å². The first-order valence-electron chi connectivity index (χ1n) is 8.09. The number of carbonyl (C=O) groups excluding carboxylic acids is 1. The summed E-state index contributed by atoms with van der Waals surface area (Å²) in [4.78, 5) is 27.3. The summed E-state index contributed by atoms with van der Waals surface area (Å²) in [5.41, 5.74) is 1.01. The number of H-pyrrole nitrogens is 1. The van der Waals surface area contributed by atoms with E-state index in [1.165, 1.54) is 10.7 Å². The fraction of sp³-hybridized carbons (Fsp3) is 0.562. The van der Waals surface area contributed by atoms with Gasteiger partial charge in [-0.1, -0.05) is 0 Å². The molecule has 2 heterocycles. The van der Waals surface area contributed by atoms with Crippen molar-refractivity contribution in [1.82, 2.24) is 19.9 Å². The van der Waals surface area contributed by atoms with Gasteiger partial charge in [0.05, 0.1) is 11.8 Å². The van der Waals surface area contributed by atoms with E-state index in [1.54, 1.807) is 6.07 Å². The van der Waals surface area contributed by atoms with Crippen molar-refractivity contribution in [2.45, 2.75) is 44.8 Å². The zero-order chi connectivity index (χ0) is 16.1. The van der Waals surface area contributed by atoms with E-state index in [4.69, 9.17) is 0 Å². The van der Waals surface area contributed by atoms with Crippen molar-refractivity contribution in [2.75, 3.05) is 0 Å². The molecule has 7 heteroatoms. The van der Waals surface area contributed by atoms with Gasteiger partial charge in [-0.3, -0.25) is 9.59 Å². The maximum absolute atomic E-state index is 12.5. The van der Waals surface area contributed by atoms with E-state index < -0.39 is 5.56 Å². The molecule has 0 radical (unpaired) electrons. The van der Waals surface area contributed by atoms with E-state index in [0.717, 1.165) is 31.4 Å². The first-order valence-corrected chi connectivity index (χ1v) is 8.09. The molecule has 122 valence electrons. The molecule has 7 nitrogen and oxygen atoms in total. The maximum Gasteiger partial charge on any atom is 0.263 e. The first kappa shape index (κ1) is 14.4. The monoisotopic (exact) mass is 316 g/mol. The molecule has 2 fully saturated rings. The molecule has 2 aromatic rings. The highest BCUT2D eigenvalue weighted by Gasteiger charge is 2.42. The van der Waals surface area contributed by atoms with Crippen LogP contribution in [-0.2, 0) is 0 Å². The highest BCUT2D eigenvalue weighted by atomic mass is 16.3. The Hall–Kier alpha value is -2.15. The number of aliphatic hydroxyl groups excluding tert-OH is 1. The average molecular weight is 316 g/mol. The predicted octanol–water partition coefficient (Wildman–Crippen LogP) is 0.610. The summed E-state index contributed by atoms with van der Waals surface area (Å²) < 4.78 is 1.51. The molecular weight excluding hydrogens is 296 g/mol. The minimum atomic E-state index is -0.409. The second kappa shape index (κ2) is 5.19. The number of rotatable bonds is 2. The molecule has 2 aliphatic rings. The normalized spacial score (nSPS) is 29.8. The second-order valence-corrected chi connectivity index (χ2v) is 6.84. The number of aliphatic hydroxyl groups is 1. The number of aryl methyl sites for hydroxylation is 1. The standard InChI is InChI=1S/C16H20N4O3/c1-8-4-13-18-16(23)12(7-20(13)19-8)15(22)17-11-5-9-2-3-10(6-11)14(9)21/h4,7,9-11,14,21H,2-3,5-6H2,1H3,(H,17,22)(H,18,23)/t9-,10+,11?,14?. The summed E-state index contributed by atoms with van der Waals surface area (Å²) in [6, 6.07) is 1.78. The molecule has 0 aromatic carbocycles. The lowest BCUT2D eigenvalue weighted by atomic mass is 9.83. The highest BCUT2D eigenvalue weighted by Crippen LogP contribution is 2.42. The van der Waals surface area contributed by atoms with Crippen LogP contribution in [0.25, 0.3) is 5.65 Å². The maximum atomic E-state index is 12.5. The van der Waals surface area contributed by atoms with Gasteiger partial charge in [-0.2, -0.15) is 5.10 Å². The Labute approximate surface area is 132 Å². The predicted molar refractivity (Wildman–Crippen MR) is 83.3 cm³/mol. The topological polar surface area (TPSA) is 99.5 Å². The van der Waals surface area contributed by atoms with E-state index in [9.17, 15) is 14.7 Å². The number of amides is 1. The lowest BCUT2D eigenvalue weighted by Gasteiger charge is -2.32. The van der Waals surface area contributed by atoms with Gasteiger partial charge in [-0.25, -0.2) is 4.52 Å². The van der Waals surface area contributed by atoms with Crippen molar-refractivity contribution in [3.8, 4) is 0 Å². The van der Waals surface area contributed by atoms with Gasteiger partial charge in [0.15, 0.2) is 0 Å². The molecule has 3 N–H and O–H groups in total. The number of nitrogens with zero attached hydrogens (tertiary/aromatic N) is 2. The van der Waals surface area contributed by atoms with Gasteiger partial charge >= 0.3 is 0 Å². The summed E-state index contributed by atoms with van der Waals surface area (Å²) in [5, 5.41) is 17.2. The summed E-state index contributed by atoms with van der Waals surface area (Å²) >= 11 is 0. The fourth-order valence-corrected chi connectivity index (χ4v) is 4.11. The van der Waals surface area contributed by atoms with E-state index in [2.05, 4.69) is 15.4 Å². The molecule has 0 aliphatic heterocycles. The number of fused-ring (bicyclic) bond motifs is 3. The highest BCUT2D eigenvalue weighted by molar-refractivity contribution is 5.93. The third-order valence-corrected chi connectivity index (χ3v) is 5.22. The Morgan fingerprint density at radius 3 is 2.78 bits per heavy atom. The van der Waals surface area contributed by atoms with Crippen molar-refractivity contribution < 1.29 is 9.90 Å². The molecule has 2 saturated carbocycles. The number of hydrogen-bond acceptors (Lipinski definition) is 4. The van der Waals surface area contributed by atoms with Crippen LogP contribution in [0.2, 0.25) is 0 Å². The third-order valence-electron chi connectivity index (χ3n) is 5.22. The van der Waals surface area contributed by atoms with Crippen molar-refractivity contribution in [3.63, 3.8) is 0 Å². The Morgan fingerprint density at radius 1 is 1.39 bits per heavy atom. The molecule has 1 amide bonds. The first-order chi connectivity index (χ1) is 11.0. The zero-order valence-electron chi connectivity index (χ0n) is 13.0. The number of nitrogens with one attached hydrogen (secondary N) is 2. The van der Waals surface area contributed by atoms with Crippen LogP contribution < -0.4 is 10.9 Å². The lowest BCUT2D eigenvalue weighted by molar-refractivity contribution is 0.0453. The van der Waals surface area contributed by atoms with Gasteiger partial charge in [-0.15, -0.1) is 0 Å². The van der Waals surface area contributed by atoms with Gasteiger partial charge in [0.25, 0.3) is 11.5 Å².